The Morgan fingerprint density at radius 1 is 1.25 bits per heavy atom. The van der Waals surface area contributed by atoms with E-state index < -0.39 is 11.2 Å². The molecule has 0 radical (unpaired) electrons. The molecule has 0 saturated heterocycles. The highest BCUT2D eigenvalue weighted by molar-refractivity contribution is 8.00. The highest BCUT2D eigenvalue weighted by Crippen LogP contribution is 2.26. The van der Waals surface area contributed by atoms with Crippen LogP contribution in [0.15, 0.2) is 53.6 Å². The van der Waals surface area contributed by atoms with Crippen molar-refractivity contribution >= 4 is 17.7 Å². The van der Waals surface area contributed by atoms with Crippen LogP contribution >= 0.6 is 11.8 Å². The summed E-state index contributed by atoms with van der Waals surface area (Å²) in [5, 5.41) is 9.42. The van der Waals surface area contributed by atoms with Crippen LogP contribution in [0.25, 0.3) is 0 Å². The molecule has 1 unspecified atom stereocenters. The van der Waals surface area contributed by atoms with Crippen molar-refractivity contribution < 1.29 is 14.6 Å². The first-order chi connectivity index (χ1) is 9.69. The summed E-state index contributed by atoms with van der Waals surface area (Å²) in [4.78, 5) is 15.6. The molecule has 0 spiro atoms. The van der Waals surface area contributed by atoms with Crippen molar-refractivity contribution in [1.29, 1.82) is 0 Å². The first-order valence-corrected chi connectivity index (χ1v) is 7.01. The minimum atomic E-state index is -0.844. The van der Waals surface area contributed by atoms with Crippen LogP contribution in [0, 0.1) is 0 Å². The van der Waals surface area contributed by atoms with Crippen LogP contribution < -0.4 is 4.74 Å². The van der Waals surface area contributed by atoms with Crippen LogP contribution in [0.1, 0.15) is 5.56 Å². The molecule has 2 aromatic rings. The van der Waals surface area contributed by atoms with Gasteiger partial charge in [0.25, 0.3) is 0 Å². The van der Waals surface area contributed by atoms with Crippen molar-refractivity contribution in [1.82, 2.24) is 4.98 Å². The zero-order valence-electron chi connectivity index (χ0n) is 11.0. The lowest BCUT2D eigenvalue weighted by molar-refractivity contribution is -0.136. The number of nitrogens with zero attached hydrogens (tertiary/aromatic N) is 1. The molecule has 0 aliphatic heterocycles. The van der Waals surface area contributed by atoms with Crippen molar-refractivity contribution in [3.05, 3.63) is 54.1 Å². The van der Waals surface area contributed by atoms with Crippen LogP contribution in [0.4, 0.5) is 0 Å². The predicted molar refractivity (Wildman–Crippen MR) is 78.2 cm³/mol. The summed E-state index contributed by atoms with van der Waals surface area (Å²) in [6.45, 7) is 0. The summed E-state index contributed by atoms with van der Waals surface area (Å²) in [5.41, 5.74) is 0.996. The molecule has 1 aromatic heterocycles. The van der Waals surface area contributed by atoms with Gasteiger partial charge in [-0.05, 0) is 18.1 Å². The van der Waals surface area contributed by atoms with E-state index in [4.69, 9.17) is 4.74 Å². The van der Waals surface area contributed by atoms with Gasteiger partial charge in [-0.15, -0.1) is 0 Å². The maximum atomic E-state index is 11.4. The molecule has 4 nitrogen and oxygen atoms in total. The molecule has 104 valence electrons. The van der Waals surface area contributed by atoms with Crippen LogP contribution in [0.2, 0.25) is 0 Å². The molecule has 5 heteroatoms. The molecule has 0 amide bonds. The number of carboxylic acid groups (broad SMARTS) is 1. The minimum absolute atomic E-state index is 0.458. The molecule has 20 heavy (non-hydrogen) atoms. The molecule has 2 rings (SSSR count). The van der Waals surface area contributed by atoms with Crippen LogP contribution in [0.5, 0.6) is 5.88 Å². The molecule has 1 N–H and O–H groups in total. The van der Waals surface area contributed by atoms with E-state index in [0.29, 0.717) is 17.3 Å². The fraction of sp³-hybridized carbons (Fsp3) is 0.200. The molecular weight excluding hydrogens is 274 g/mol. The number of aliphatic carboxylic acids is 1. The topological polar surface area (TPSA) is 59.4 Å². The number of carbonyl (C=O) groups is 1. The lowest BCUT2D eigenvalue weighted by Crippen LogP contribution is -2.19. The SMILES string of the molecule is COc1cccc(SC(Cc2ccccc2)C(=O)O)n1. The van der Waals surface area contributed by atoms with Gasteiger partial charge in [0.15, 0.2) is 0 Å². The highest BCUT2D eigenvalue weighted by Gasteiger charge is 2.20. The minimum Gasteiger partial charge on any atom is -0.481 e. The molecular formula is C15H15NO3S. The monoisotopic (exact) mass is 289 g/mol. The lowest BCUT2D eigenvalue weighted by atomic mass is 10.1. The maximum absolute atomic E-state index is 11.4. The van der Waals surface area contributed by atoms with E-state index in [1.165, 1.54) is 18.9 Å². The third-order valence-corrected chi connectivity index (χ3v) is 3.83. The molecule has 0 aliphatic carbocycles. The fourth-order valence-corrected chi connectivity index (χ4v) is 2.70. The van der Waals surface area contributed by atoms with Crippen molar-refractivity contribution in [3.63, 3.8) is 0 Å². The second kappa shape index (κ2) is 6.96. The van der Waals surface area contributed by atoms with Gasteiger partial charge in [0.05, 0.1) is 7.11 Å². The zero-order valence-corrected chi connectivity index (χ0v) is 11.8. The molecule has 0 aliphatic rings. The van der Waals surface area contributed by atoms with Crippen LogP contribution in [0.3, 0.4) is 0 Å². The number of carboxylic acids is 1. The van der Waals surface area contributed by atoms with Crippen molar-refractivity contribution in [3.8, 4) is 5.88 Å². The second-order valence-electron chi connectivity index (χ2n) is 4.15. The van der Waals surface area contributed by atoms with E-state index in [0.717, 1.165) is 5.56 Å². The average Bonchev–Trinajstić information content (AvgIpc) is 2.48. The number of thioether (sulfide) groups is 1. The normalized spacial score (nSPS) is 11.8. The quantitative estimate of drug-likeness (QED) is 0.829. The van der Waals surface area contributed by atoms with Crippen LogP contribution in [-0.4, -0.2) is 28.4 Å². The number of pyridine rings is 1. The summed E-state index contributed by atoms with van der Waals surface area (Å²) in [5.74, 6) is -0.359. The largest absolute Gasteiger partial charge is 0.481 e. The maximum Gasteiger partial charge on any atom is 0.317 e. The molecule has 0 fully saturated rings. The van der Waals surface area contributed by atoms with Gasteiger partial charge in [-0.3, -0.25) is 4.79 Å². The average molecular weight is 289 g/mol. The number of hydrogen-bond acceptors (Lipinski definition) is 4. The Hall–Kier alpha value is -2.01. The molecule has 1 heterocycles. The van der Waals surface area contributed by atoms with Crippen molar-refractivity contribution in [2.24, 2.45) is 0 Å². The number of methoxy groups -OCH3 is 1. The Labute approximate surface area is 121 Å². The van der Waals surface area contributed by atoms with Crippen molar-refractivity contribution in [2.75, 3.05) is 7.11 Å². The van der Waals surface area contributed by atoms with E-state index in [1.807, 2.05) is 30.3 Å². The number of benzene rings is 1. The van der Waals surface area contributed by atoms with E-state index in [2.05, 4.69) is 4.98 Å². The summed E-state index contributed by atoms with van der Waals surface area (Å²) < 4.78 is 5.04. The van der Waals surface area contributed by atoms with Gasteiger partial charge in [-0.2, -0.15) is 0 Å². The van der Waals surface area contributed by atoms with Gasteiger partial charge in [-0.1, -0.05) is 48.2 Å². The van der Waals surface area contributed by atoms with E-state index in [-0.39, 0.29) is 0 Å². The number of aromatic nitrogens is 1. The van der Waals surface area contributed by atoms with Gasteiger partial charge in [-0.25, -0.2) is 4.98 Å². The van der Waals surface area contributed by atoms with E-state index in [9.17, 15) is 9.90 Å². The van der Waals surface area contributed by atoms with Crippen LogP contribution in [-0.2, 0) is 11.2 Å². The van der Waals surface area contributed by atoms with Gasteiger partial charge >= 0.3 is 5.97 Å². The standard InChI is InChI=1S/C15H15NO3S/c1-19-13-8-5-9-14(16-13)20-12(15(17)18)10-11-6-3-2-4-7-11/h2-9,12H,10H2,1H3,(H,17,18). The second-order valence-corrected chi connectivity index (χ2v) is 5.38. The molecule has 0 saturated carbocycles. The zero-order chi connectivity index (χ0) is 14.4. The summed E-state index contributed by atoms with van der Waals surface area (Å²) in [6.07, 6.45) is 0.458. The Morgan fingerprint density at radius 3 is 2.65 bits per heavy atom. The number of hydrogen-bond donors (Lipinski definition) is 1. The third-order valence-electron chi connectivity index (χ3n) is 2.71. The van der Waals surface area contributed by atoms with Crippen molar-refractivity contribution in [2.45, 2.75) is 16.7 Å². The predicted octanol–water partition coefficient (Wildman–Crippen LogP) is 2.88. The number of rotatable bonds is 6. The van der Waals surface area contributed by atoms with E-state index in [1.54, 1.807) is 18.2 Å². The lowest BCUT2D eigenvalue weighted by Gasteiger charge is -2.12. The molecule has 1 atom stereocenters. The number of ether oxygens (including phenoxy) is 1. The first-order valence-electron chi connectivity index (χ1n) is 6.13. The van der Waals surface area contributed by atoms with Gasteiger partial charge < -0.3 is 9.84 Å². The summed E-state index contributed by atoms with van der Waals surface area (Å²) >= 11 is 1.23. The van der Waals surface area contributed by atoms with Gasteiger partial charge in [0.1, 0.15) is 10.3 Å². The fourth-order valence-electron chi connectivity index (χ4n) is 1.73. The van der Waals surface area contributed by atoms with Gasteiger partial charge in [0.2, 0.25) is 5.88 Å². The molecule has 1 aromatic carbocycles. The Morgan fingerprint density at radius 2 is 2.00 bits per heavy atom. The Kier molecular flexibility index (Phi) is 5.01. The first kappa shape index (κ1) is 14.4. The highest BCUT2D eigenvalue weighted by atomic mass is 32.2. The van der Waals surface area contributed by atoms with E-state index >= 15 is 0 Å². The summed E-state index contributed by atoms with van der Waals surface area (Å²) in [6, 6.07) is 14.9. The third kappa shape index (κ3) is 3.99. The molecule has 0 bridgehead atoms. The summed E-state index contributed by atoms with van der Waals surface area (Å²) in [7, 11) is 1.54. The Bertz CT molecular complexity index is 574. The van der Waals surface area contributed by atoms with Gasteiger partial charge in [0, 0.05) is 6.07 Å². The Balaban J connectivity index is 2.11. The smallest absolute Gasteiger partial charge is 0.317 e.